The van der Waals surface area contributed by atoms with Crippen LogP contribution in [0, 0.1) is 0 Å². The van der Waals surface area contributed by atoms with Crippen molar-refractivity contribution in [2.75, 3.05) is 52.9 Å². The predicted octanol–water partition coefficient (Wildman–Crippen LogP) is 0.826. The van der Waals surface area contributed by atoms with Gasteiger partial charge in [-0.1, -0.05) is 6.92 Å². The van der Waals surface area contributed by atoms with Gasteiger partial charge in [0, 0.05) is 37.8 Å². The molecule has 2 rings (SSSR count). The second-order valence-electron chi connectivity index (χ2n) is 6.51. The molecule has 19 heavy (non-hydrogen) atoms. The first-order valence-electron chi connectivity index (χ1n) is 7.99. The van der Waals surface area contributed by atoms with Gasteiger partial charge in [0.25, 0.3) is 0 Å². The predicted molar refractivity (Wildman–Crippen MR) is 81.4 cm³/mol. The summed E-state index contributed by atoms with van der Waals surface area (Å²) in [4.78, 5) is 7.76. The van der Waals surface area contributed by atoms with E-state index in [1.54, 1.807) is 0 Å². The fourth-order valence-electron chi connectivity index (χ4n) is 3.86. The molecule has 0 aliphatic carbocycles. The highest BCUT2D eigenvalue weighted by molar-refractivity contribution is 4.97. The number of nitrogens with zero attached hydrogens (tertiary/aromatic N) is 3. The Balaban J connectivity index is 2.04. The molecule has 2 atom stereocenters. The van der Waals surface area contributed by atoms with Gasteiger partial charge in [0.15, 0.2) is 0 Å². The van der Waals surface area contributed by atoms with Crippen LogP contribution in [-0.2, 0) is 0 Å². The fraction of sp³-hybridized carbons (Fsp3) is 1.00. The van der Waals surface area contributed by atoms with Gasteiger partial charge in [-0.2, -0.15) is 0 Å². The van der Waals surface area contributed by atoms with E-state index >= 15 is 0 Å². The summed E-state index contributed by atoms with van der Waals surface area (Å²) in [5.74, 6) is 0. The molecule has 2 aliphatic heterocycles. The second kappa shape index (κ2) is 6.53. The molecule has 2 heterocycles. The fourth-order valence-corrected chi connectivity index (χ4v) is 3.86. The molecule has 0 aromatic heterocycles. The first-order valence-corrected chi connectivity index (χ1v) is 7.99. The van der Waals surface area contributed by atoms with E-state index in [1.807, 2.05) is 0 Å². The van der Waals surface area contributed by atoms with Crippen molar-refractivity contribution in [3.05, 3.63) is 0 Å². The quantitative estimate of drug-likeness (QED) is 0.822. The van der Waals surface area contributed by atoms with Crippen LogP contribution in [0.5, 0.6) is 0 Å². The molecule has 0 spiro atoms. The van der Waals surface area contributed by atoms with Gasteiger partial charge in [-0.15, -0.1) is 0 Å². The molecule has 2 unspecified atom stereocenters. The van der Waals surface area contributed by atoms with Crippen LogP contribution in [-0.4, -0.2) is 79.1 Å². The largest absolute Gasteiger partial charge is 0.329 e. The van der Waals surface area contributed by atoms with Gasteiger partial charge in [0.2, 0.25) is 0 Å². The first kappa shape index (κ1) is 15.2. The van der Waals surface area contributed by atoms with E-state index in [0.717, 1.165) is 6.54 Å². The average Bonchev–Trinajstić information content (AvgIpc) is 2.61. The summed E-state index contributed by atoms with van der Waals surface area (Å²) >= 11 is 0. The highest BCUT2D eigenvalue weighted by atomic mass is 15.3. The van der Waals surface area contributed by atoms with Crippen molar-refractivity contribution in [3.8, 4) is 0 Å². The van der Waals surface area contributed by atoms with Crippen LogP contribution in [0.1, 0.15) is 33.1 Å². The Labute approximate surface area is 118 Å². The van der Waals surface area contributed by atoms with Crippen molar-refractivity contribution in [1.82, 2.24) is 14.7 Å². The monoisotopic (exact) mass is 268 g/mol. The number of piperazine rings is 1. The Morgan fingerprint density at radius 1 is 1.16 bits per heavy atom. The number of hydrogen-bond acceptors (Lipinski definition) is 4. The summed E-state index contributed by atoms with van der Waals surface area (Å²) in [5.41, 5.74) is 6.49. The standard InChI is InChI=1S/C15H32N4/c1-4-18-10-11-19(12-14(18)2)15(13-16)6-5-8-17(3)9-7-15/h14H,4-13,16H2,1-3H3. The summed E-state index contributed by atoms with van der Waals surface area (Å²) in [5, 5.41) is 0. The molecule has 0 saturated carbocycles. The van der Waals surface area contributed by atoms with Crippen molar-refractivity contribution in [2.24, 2.45) is 5.73 Å². The Hall–Kier alpha value is -0.160. The summed E-state index contributed by atoms with van der Waals surface area (Å²) in [7, 11) is 2.24. The Morgan fingerprint density at radius 2 is 1.95 bits per heavy atom. The molecule has 0 amide bonds. The Kier molecular flexibility index (Phi) is 5.23. The molecule has 4 nitrogen and oxygen atoms in total. The maximum Gasteiger partial charge on any atom is 0.0345 e. The molecular weight excluding hydrogens is 236 g/mol. The SMILES string of the molecule is CCN1CCN(C2(CN)CCCN(C)CC2)CC1C. The summed E-state index contributed by atoms with van der Waals surface area (Å²) < 4.78 is 0. The lowest BCUT2D eigenvalue weighted by Gasteiger charge is -2.49. The van der Waals surface area contributed by atoms with Gasteiger partial charge >= 0.3 is 0 Å². The van der Waals surface area contributed by atoms with Crippen LogP contribution in [0.2, 0.25) is 0 Å². The van der Waals surface area contributed by atoms with Crippen molar-refractivity contribution >= 4 is 0 Å². The third-order valence-corrected chi connectivity index (χ3v) is 5.36. The molecule has 0 aromatic carbocycles. The van der Waals surface area contributed by atoms with Gasteiger partial charge in [0.05, 0.1) is 0 Å². The molecule has 2 fully saturated rings. The van der Waals surface area contributed by atoms with Crippen LogP contribution in [0.4, 0.5) is 0 Å². The lowest BCUT2D eigenvalue weighted by molar-refractivity contribution is 0.00261. The number of nitrogens with two attached hydrogens (primary N) is 1. The number of rotatable bonds is 3. The Morgan fingerprint density at radius 3 is 2.58 bits per heavy atom. The van der Waals surface area contributed by atoms with Crippen LogP contribution >= 0.6 is 0 Å². The van der Waals surface area contributed by atoms with Gasteiger partial charge in [0.1, 0.15) is 0 Å². The van der Waals surface area contributed by atoms with Gasteiger partial charge < -0.3 is 10.6 Å². The zero-order chi connectivity index (χ0) is 13.9. The minimum Gasteiger partial charge on any atom is -0.329 e. The van der Waals surface area contributed by atoms with Gasteiger partial charge in [-0.25, -0.2) is 0 Å². The minimum atomic E-state index is 0.263. The van der Waals surface area contributed by atoms with E-state index in [2.05, 4.69) is 35.6 Å². The lowest BCUT2D eigenvalue weighted by atomic mass is 9.87. The van der Waals surface area contributed by atoms with Crippen LogP contribution in [0.3, 0.4) is 0 Å². The molecule has 2 N–H and O–H groups in total. The molecule has 0 bridgehead atoms. The second-order valence-corrected chi connectivity index (χ2v) is 6.51. The van der Waals surface area contributed by atoms with E-state index in [9.17, 15) is 0 Å². The zero-order valence-corrected chi connectivity index (χ0v) is 13.1. The van der Waals surface area contributed by atoms with E-state index in [4.69, 9.17) is 5.73 Å². The third kappa shape index (κ3) is 3.30. The van der Waals surface area contributed by atoms with Gasteiger partial charge in [-0.05, 0) is 52.9 Å². The van der Waals surface area contributed by atoms with E-state index < -0.39 is 0 Å². The maximum atomic E-state index is 6.22. The molecule has 112 valence electrons. The van der Waals surface area contributed by atoms with Crippen molar-refractivity contribution < 1.29 is 0 Å². The van der Waals surface area contributed by atoms with Crippen molar-refractivity contribution in [1.29, 1.82) is 0 Å². The average molecular weight is 268 g/mol. The number of likely N-dealkylation sites (tertiary alicyclic amines) is 1. The molecule has 2 saturated heterocycles. The molecule has 0 radical (unpaired) electrons. The highest BCUT2D eigenvalue weighted by Gasteiger charge is 2.39. The zero-order valence-electron chi connectivity index (χ0n) is 13.1. The summed E-state index contributed by atoms with van der Waals surface area (Å²) in [6, 6.07) is 0.670. The smallest absolute Gasteiger partial charge is 0.0345 e. The van der Waals surface area contributed by atoms with Crippen LogP contribution in [0.15, 0.2) is 0 Å². The number of hydrogen-bond donors (Lipinski definition) is 1. The third-order valence-electron chi connectivity index (χ3n) is 5.36. The highest BCUT2D eigenvalue weighted by Crippen LogP contribution is 2.30. The van der Waals surface area contributed by atoms with Crippen molar-refractivity contribution in [3.63, 3.8) is 0 Å². The normalized spacial score (nSPS) is 36.3. The molecule has 4 heteroatoms. The topological polar surface area (TPSA) is 35.7 Å². The minimum absolute atomic E-state index is 0.263. The van der Waals surface area contributed by atoms with Crippen LogP contribution < -0.4 is 5.73 Å². The molecule has 2 aliphatic rings. The van der Waals surface area contributed by atoms with E-state index in [-0.39, 0.29) is 5.54 Å². The first-order chi connectivity index (χ1) is 9.11. The van der Waals surface area contributed by atoms with Gasteiger partial charge in [-0.3, -0.25) is 9.80 Å². The summed E-state index contributed by atoms with van der Waals surface area (Å²) in [6.07, 6.45) is 3.79. The van der Waals surface area contributed by atoms with E-state index in [0.29, 0.717) is 6.04 Å². The van der Waals surface area contributed by atoms with E-state index in [1.165, 1.54) is 58.5 Å². The van der Waals surface area contributed by atoms with Crippen LogP contribution in [0.25, 0.3) is 0 Å². The molecule has 0 aromatic rings. The molecular formula is C15H32N4. The number of likely N-dealkylation sites (N-methyl/N-ethyl adjacent to an activating group) is 1. The Bertz CT molecular complexity index is 283. The summed E-state index contributed by atoms with van der Waals surface area (Å²) in [6.45, 7) is 12.6. The maximum absolute atomic E-state index is 6.22. The van der Waals surface area contributed by atoms with Crippen molar-refractivity contribution in [2.45, 2.75) is 44.7 Å². The lowest BCUT2D eigenvalue weighted by Crippen LogP contribution is -2.62.